The summed E-state index contributed by atoms with van der Waals surface area (Å²) in [6.45, 7) is 6.56. The van der Waals surface area contributed by atoms with Gasteiger partial charge in [-0.1, -0.05) is 32.8 Å². The van der Waals surface area contributed by atoms with E-state index in [2.05, 4.69) is 34.0 Å². The highest BCUT2D eigenvalue weighted by Crippen LogP contribution is 2.38. The van der Waals surface area contributed by atoms with Crippen LogP contribution in [0.2, 0.25) is 0 Å². The van der Waals surface area contributed by atoms with E-state index in [1.807, 2.05) is 0 Å². The van der Waals surface area contributed by atoms with Gasteiger partial charge in [-0.25, -0.2) is 9.37 Å². The van der Waals surface area contributed by atoms with Crippen LogP contribution in [0.15, 0.2) is 53.6 Å². The number of hydrogen-bond acceptors (Lipinski definition) is 8. The van der Waals surface area contributed by atoms with Gasteiger partial charge in [0.2, 0.25) is 5.95 Å². The zero-order valence-corrected chi connectivity index (χ0v) is 26.2. The average molecular weight is 604 g/mol. The Morgan fingerprint density at radius 2 is 1.68 bits per heavy atom. The molecular weight excluding hydrogens is 561 g/mol. The summed E-state index contributed by atoms with van der Waals surface area (Å²) in [5.41, 5.74) is 1.10. The third-order valence-electron chi connectivity index (χ3n) is 8.37. The summed E-state index contributed by atoms with van der Waals surface area (Å²) in [4.78, 5) is 25.1. The van der Waals surface area contributed by atoms with Crippen molar-refractivity contribution in [2.45, 2.75) is 64.5 Å². The highest BCUT2D eigenvalue weighted by molar-refractivity contribution is 5.88. The van der Waals surface area contributed by atoms with Crippen LogP contribution in [0.3, 0.4) is 0 Å². The molecule has 4 aromatic rings. The number of methoxy groups -OCH3 is 2. The second kappa shape index (κ2) is 14.1. The topological polar surface area (TPSA) is 90.7 Å². The Morgan fingerprint density at radius 3 is 2.39 bits per heavy atom. The van der Waals surface area contributed by atoms with Crippen LogP contribution in [0.25, 0.3) is 22.0 Å². The predicted octanol–water partition coefficient (Wildman–Crippen LogP) is 6.79. The molecule has 1 aliphatic carbocycles. The number of aromatic nitrogens is 3. The number of rotatable bonds is 12. The lowest BCUT2D eigenvalue weighted by Gasteiger charge is -2.40. The highest BCUT2D eigenvalue weighted by Gasteiger charge is 2.30. The van der Waals surface area contributed by atoms with Crippen LogP contribution in [-0.2, 0) is 7.05 Å². The maximum atomic E-state index is 15.4. The summed E-state index contributed by atoms with van der Waals surface area (Å²) in [5.74, 6) is 1.40. The van der Waals surface area contributed by atoms with E-state index in [1.54, 1.807) is 51.7 Å². The summed E-state index contributed by atoms with van der Waals surface area (Å²) in [5, 5.41) is 4.23. The molecule has 2 heterocycles. The smallest absolute Gasteiger partial charge is 0.262 e. The molecule has 2 atom stereocenters. The van der Waals surface area contributed by atoms with Gasteiger partial charge >= 0.3 is 0 Å². The van der Waals surface area contributed by atoms with E-state index in [9.17, 15) is 4.79 Å². The van der Waals surface area contributed by atoms with Crippen LogP contribution in [0, 0.1) is 5.82 Å². The van der Waals surface area contributed by atoms with E-state index in [4.69, 9.17) is 14.2 Å². The van der Waals surface area contributed by atoms with Crippen LogP contribution in [0.5, 0.6) is 23.0 Å². The Labute approximate surface area is 258 Å². The van der Waals surface area contributed by atoms with E-state index in [0.29, 0.717) is 51.3 Å². The number of benzene rings is 2. The second-order valence-electron chi connectivity index (χ2n) is 11.3. The van der Waals surface area contributed by atoms with Gasteiger partial charge in [0.25, 0.3) is 5.56 Å². The fourth-order valence-corrected chi connectivity index (χ4v) is 6.18. The SMILES string of the molecule is CCCN(CCC)C1CCCCC1Nc1ncc(-c2ccc(Oc3ccnc4cc(OC)c(OC)cc34)c(F)c2)c(=O)n1C. The monoisotopic (exact) mass is 603 g/mol. The quantitative estimate of drug-likeness (QED) is 0.189. The van der Waals surface area contributed by atoms with Crippen molar-refractivity contribution in [2.75, 3.05) is 32.6 Å². The molecule has 1 N–H and O–H groups in total. The minimum atomic E-state index is -0.603. The van der Waals surface area contributed by atoms with Crippen molar-refractivity contribution in [1.82, 2.24) is 19.4 Å². The zero-order valence-electron chi connectivity index (χ0n) is 26.2. The maximum Gasteiger partial charge on any atom is 0.262 e. The number of hydrogen-bond donors (Lipinski definition) is 1. The summed E-state index contributed by atoms with van der Waals surface area (Å²) >= 11 is 0. The van der Waals surface area contributed by atoms with Gasteiger partial charge in [0.05, 0.1) is 25.3 Å². The third kappa shape index (κ3) is 6.50. The van der Waals surface area contributed by atoms with E-state index in [1.165, 1.54) is 29.3 Å². The van der Waals surface area contributed by atoms with Gasteiger partial charge in [-0.3, -0.25) is 19.2 Å². The van der Waals surface area contributed by atoms with Crippen molar-refractivity contribution in [3.63, 3.8) is 0 Å². The van der Waals surface area contributed by atoms with E-state index in [-0.39, 0.29) is 17.4 Å². The molecule has 0 amide bonds. The van der Waals surface area contributed by atoms with Crippen LogP contribution in [0.1, 0.15) is 52.4 Å². The van der Waals surface area contributed by atoms with Gasteiger partial charge < -0.3 is 19.5 Å². The molecule has 10 heteroatoms. The molecule has 0 radical (unpaired) electrons. The van der Waals surface area contributed by atoms with Gasteiger partial charge in [0.1, 0.15) is 5.75 Å². The highest BCUT2D eigenvalue weighted by atomic mass is 19.1. The number of pyridine rings is 1. The molecule has 44 heavy (non-hydrogen) atoms. The zero-order chi connectivity index (χ0) is 31.2. The third-order valence-corrected chi connectivity index (χ3v) is 8.37. The minimum Gasteiger partial charge on any atom is -0.493 e. The second-order valence-corrected chi connectivity index (χ2v) is 11.3. The first-order valence-electron chi connectivity index (χ1n) is 15.4. The van der Waals surface area contributed by atoms with Crippen molar-refractivity contribution >= 4 is 16.9 Å². The fourth-order valence-electron chi connectivity index (χ4n) is 6.18. The largest absolute Gasteiger partial charge is 0.493 e. The molecule has 0 saturated heterocycles. The number of nitrogens with one attached hydrogen (secondary N) is 1. The molecule has 5 rings (SSSR count). The Bertz CT molecular complexity index is 1650. The summed E-state index contributed by atoms with van der Waals surface area (Å²) in [6.07, 6.45) is 9.86. The molecule has 234 valence electrons. The van der Waals surface area contributed by atoms with Gasteiger partial charge in [0, 0.05) is 43.0 Å². The first-order valence-corrected chi connectivity index (χ1v) is 15.4. The van der Waals surface area contributed by atoms with Crippen LogP contribution >= 0.6 is 0 Å². The number of fused-ring (bicyclic) bond motifs is 1. The van der Waals surface area contributed by atoms with E-state index >= 15 is 4.39 Å². The predicted molar refractivity (Wildman–Crippen MR) is 172 cm³/mol. The molecule has 0 spiro atoms. The van der Waals surface area contributed by atoms with Crippen molar-refractivity contribution in [1.29, 1.82) is 0 Å². The average Bonchev–Trinajstić information content (AvgIpc) is 3.04. The van der Waals surface area contributed by atoms with E-state index < -0.39 is 5.82 Å². The number of nitrogens with zero attached hydrogens (tertiary/aromatic N) is 4. The van der Waals surface area contributed by atoms with Gasteiger partial charge in [-0.2, -0.15) is 0 Å². The van der Waals surface area contributed by atoms with Gasteiger partial charge in [-0.05, 0) is 68.6 Å². The molecule has 2 aromatic heterocycles. The van der Waals surface area contributed by atoms with Gasteiger partial charge in [-0.15, -0.1) is 0 Å². The standard InChI is InChI=1S/C34H42FN5O4/c1-6-16-40(17-7-2)28-11-9-8-10-26(28)38-34-37-21-24(33(41)39(34)3)22-12-13-30(25(35)18-22)44-29-14-15-36-27-20-32(43-5)31(42-4)19-23(27)29/h12-15,18-21,26,28H,6-11,16-17H2,1-5H3,(H,37,38). The van der Waals surface area contributed by atoms with Crippen LogP contribution < -0.4 is 25.1 Å². The maximum absolute atomic E-state index is 15.4. The molecule has 2 aromatic carbocycles. The number of ether oxygens (including phenoxy) is 3. The molecule has 9 nitrogen and oxygen atoms in total. The van der Waals surface area contributed by atoms with E-state index in [0.717, 1.165) is 45.2 Å². The summed E-state index contributed by atoms with van der Waals surface area (Å²) in [7, 11) is 4.80. The Hall–Kier alpha value is -4.18. The van der Waals surface area contributed by atoms with Crippen molar-refractivity contribution in [3.8, 4) is 34.1 Å². The van der Waals surface area contributed by atoms with Crippen molar-refractivity contribution in [3.05, 3.63) is 65.0 Å². The Kier molecular flexibility index (Phi) is 9.99. The lowest BCUT2D eigenvalue weighted by atomic mass is 9.89. The van der Waals surface area contributed by atoms with Crippen molar-refractivity contribution in [2.24, 2.45) is 7.05 Å². The minimum absolute atomic E-state index is 0.0196. The first-order chi connectivity index (χ1) is 21.4. The summed E-state index contributed by atoms with van der Waals surface area (Å²) < 4.78 is 33.7. The summed E-state index contributed by atoms with van der Waals surface area (Å²) in [6, 6.07) is 10.3. The lowest BCUT2D eigenvalue weighted by molar-refractivity contribution is 0.144. The van der Waals surface area contributed by atoms with Crippen LogP contribution in [0.4, 0.5) is 10.3 Å². The molecule has 0 bridgehead atoms. The normalized spacial score (nSPS) is 16.7. The Morgan fingerprint density at radius 1 is 0.955 bits per heavy atom. The first kappa shape index (κ1) is 31.3. The molecule has 1 saturated carbocycles. The molecule has 1 aliphatic rings. The van der Waals surface area contributed by atoms with Crippen molar-refractivity contribution < 1.29 is 18.6 Å². The Balaban J connectivity index is 1.38. The molecule has 1 fully saturated rings. The molecule has 0 aliphatic heterocycles. The molecule has 2 unspecified atom stereocenters. The van der Waals surface area contributed by atoms with Crippen LogP contribution in [-0.4, -0.2) is 58.8 Å². The lowest BCUT2D eigenvalue weighted by Crippen LogP contribution is -2.50. The number of anilines is 1. The molecular formula is C34H42FN5O4. The fraction of sp³-hybridized carbons (Fsp3) is 0.441. The van der Waals surface area contributed by atoms with Gasteiger partial charge in [0.15, 0.2) is 23.1 Å². The number of halogens is 1.